The number of rotatable bonds is 0. The lowest BCUT2D eigenvalue weighted by molar-refractivity contribution is 0.473. The van der Waals surface area contributed by atoms with E-state index < -0.39 is 0 Å². The van der Waals surface area contributed by atoms with Gasteiger partial charge in [-0.3, -0.25) is 0 Å². The van der Waals surface area contributed by atoms with E-state index in [1.54, 1.807) is 12.1 Å². The number of hydrogen-bond donors (Lipinski definition) is 1. The highest BCUT2D eigenvalue weighted by Gasteiger charge is 1.96. The second kappa shape index (κ2) is 2.40. The van der Waals surface area contributed by atoms with Crippen LogP contribution < -0.4 is 0 Å². The molecule has 0 radical (unpaired) electrons. The second-order valence-electron chi connectivity index (χ2n) is 2.13. The van der Waals surface area contributed by atoms with Crippen molar-refractivity contribution in [3.8, 4) is 11.8 Å². The summed E-state index contributed by atoms with van der Waals surface area (Å²) in [4.78, 5) is 0. The molecule has 0 aliphatic rings. The molecule has 0 aliphatic carbocycles. The minimum atomic E-state index is 0.0492. The van der Waals surface area contributed by atoms with Crippen molar-refractivity contribution in [2.24, 2.45) is 0 Å². The Morgan fingerprint density at radius 2 is 2.20 bits per heavy atom. The predicted octanol–water partition coefficient (Wildman–Crippen LogP) is 1.57. The quantitative estimate of drug-likeness (QED) is 0.583. The Bertz CT molecular complexity index is 286. The Balaban J connectivity index is 3.25. The monoisotopic (exact) mass is 133 g/mol. The van der Waals surface area contributed by atoms with Gasteiger partial charge in [0, 0.05) is 0 Å². The first-order valence-corrected chi connectivity index (χ1v) is 2.94. The Hall–Kier alpha value is -1.49. The number of aromatic hydroxyl groups is 1. The van der Waals surface area contributed by atoms with Crippen molar-refractivity contribution in [1.82, 2.24) is 0 Å². The number of nitrogens with zero attached hydrogens (tertiary/aromatic N) is 1. The van der Waals surface area contributed by atoms with Crippen molar-refractivity contribution >= 4 is 0 Å². The van der Waals surface area contributed by atoms with Crippen molar-refractivity contribution in [3.05, 3.63) is 29.3 Å². The van der Waals surface area contributed by atoms with Crippen molar-refractivity contribution in [2.75, 3.05) is 0 Å². The Kier molecular flexibility index (Phi) is 1.59. The van der Waals surface area contributed by atoms with E-state index in [-0.39, 0.29) is 5.75 Å². The lowest BCUT2D eigenvalue weighted by Crippen LogP contribution is -1.77. The SMILES string of the molecule is Cc1ccc(O)c(C#N)c1. The van der Waals surface area contributed by atoms with Gasteiger partial charge in [-0.1, -0.05) is 6.07 Å². The molecule has 0 bridgehead atoms. The molecular formula is C8H7NO. The van der Waals surface area contributed by atoms with Gasteiger partial charge in [-0.25, -0.2) is 0 Å². The first kappa shape index (κ1) is 6.63. The lowest BCUT2D eigenvalue weighted by atomic mass is 10.1. The summed E-state index contributed by atoms with van der Waals surface area (Å²) in [7, 11) is 0. The molecule has 0 saturated heterocycles. The molecule has 50 valence electrons. The third-order valence-electron chi connectivity index (χ3n) is 1.27. The van der Waals surface area contributed by atoms with E-state index in [0.717, 1.165) is 5.56 Å². The molecule has 2 nitrogen and oxygen atoms in total. The van der Waals surface area contributed by atoms with Crippen LogP contribution in [-0.4, -0.2) is 5.11 Å². The summed E-state index contributed by atoms with van der Waals surface area (Å²) < 4.78 is 0. The highest BCUT2D eigenvalue weighted by Crippen LogP contribution is 2.15. The maximum absolute atomic E-state index is 9.01. The van der Waals surface area contributed by atoms with Gasteiger partial charge in [0.1, 0.15) is 11.8 Å². The third kappa shape index (κ3) is 1.08. The maximum atomic E-state index is 9.01. The summed E-state index contributed by atoms with van der Waals surface area (Å²) in [6.07, 6.45) is 0. The number of hydrogen-bond acceptors (Lipinski definition) is 2. The summed E-state index contributed by atoms with van der Waals surface area (Å²) >= 11 is 0. The number of phenolic OH excluding ortho intramolecular Hbond substituents is 1. The van der Waals surface area contributed by atoms with Crippen LogP contribution in [0.4, 0.5) is 0 Å². The molecule has 0 heterocycles. The normalized spacial score (nSPS) is 8.80. The Labute approximate surface area is 59.3 Å². The molecule has 1 aromatic rings. The molecule has 0 aromatic heterocycles. The molecule has 1 aromatic carbocycles. The number of nitriles is 1. The third-order valence-corrected chi connectivity index (χ3v) is 1.27. The largest absolute Gasteiger partial charge is 0.507 e. The van der Waals surface area contributed by atoms with Gasteiger partial charge < -0.3 is 5.11 Å². The molecule has 0 atom stereocenters. The fourth-order valence-corrected chi connectivity index (χ4v) is 0.739. The van der Waals surface area contributed by atoms with Gasteiger partial charge in [0.2, 0.25) is 0 Å². The Morgan fingerprint density at radius 3 is 2.70 bits per heavy atom. The first-order valence-electron chi connectivity index (χ1n) is 2.94. The van der Waals surface area contributed by atoms with E-state index in [1.165, 1.54) is 6.07 Å². The molecule has 1 rings (SSSR count). The summed E-state index contributed by atoms with van der Waals surface area (Å²) in [6.45, 7) is 1.88. The highest BCUT2D eigenvalue weighted by molar-refractivity contribution is 5.43. The molecule has 0 spiro atoms. The fraction of sp³-hybridized carbons (Fsp3) is 0.125. The average Bonchev–Trinajstić information content (AvgIpc) is 1.94. The van der Waals surface area contributed by atoms with Gasteiger partial charge in [-0.2, -0.15) is 5.26 Å². The van der Waals surface area contributed by atoms with Gasteiger partial charge in [0.25, 0.3) is 0 Å². The molecule has 1 N–H and O–H groups in total. The van der Waals surface area contributed by atoms with Crippen molar-refractivity contribution in [2.45, 2.75) is 6.92 Å². The van der Waals surface area contributed by atoms with Crippen molar-refractivity contribution in [3.63, 3.8) is 0 Å². The first-order chi connectivity index (χ1) is 4.74. The van der Waals surface area contributed by atoms with E-state index >= 15 is 0 Å². The van der Waals surface area contributed by atoms with Crippen LogP contribution >= 0.6 is 0 Å². The molecule has 0 saturated carbocycles. The van der Waals surface area contributed by atoms with Crippen LogP contribution in [0, 0.1) is 18.3 Å². The standard InChI is InChI=1S/C8H7NO/c1-6-2-3-8(10)7(4-6)5-9/h2-4,10H,1H3. The summed E-state index contributed by atoms with van der Waals surface area (Å²) in [5.41, 5.74) is 1.31. The van der Waals surface area contributed by atoms with E-state index in [2.05, 4.69) is 0 Å². The van der Waals surface area contributed by atoms with Crippen molar-refractivity contribution in [1.29, 1.82) is 5.26 Å². The van der Waals surface area contributed by atoms with Crippen LogP contribution in [-0.2, 0) is 0 Å². The molecule has 0 fully saturated rings. The van der Waals surface area contributed by atoms with Crippen LogP contribution in [0.3, 0.4) is 0 Å². The van der Waals surface area contributed by atoms with Gasteiger partial charge in [0.15, 0.2) is 0 Å². The molecule has 10 heavy (non-hydrogen) atoms. The maximum Gasteiger partial charge on any atom is 0.133 e. The predicted molar refractivity (Wildman–Crippen MR) is 37.6 cm³/mol. The summed E-state index contributed by atoms with van der Waals surface area (Å²) in [6, 6.07) is 6.82. The van der Waals surface area contributed by atoms with Crippen LogP contribution in [0.5, 0.6) is 5.75 Å². The molecule has 0 unspecified atom stereocenters. The Morgan fingerprint density at radius 1 is 1.50 bits per heavy atom. The summed E-state index contributed by atoms with van der Waals surface area (Å²) in [5.74, 6) is 0.0492. The van der Waals surface area contributed by atoms with Gasteiger partial charge >= 0.3 is 0 Å². The average molecular weight is 133 g/mol. The van der Waals surface area contributed by atoms with E-state index in [9.17, 15) is 0 Å². The number of benzene rings is 1. The highest BCUT2D eigenvalue weighted by atomic mass is 16.3. The molecule has 0 amide bonds. The van der Waals surface area contributed by atoms with Gasteiger partial charge in [-0.05, 0) is 24.6 Å². The van der Waals surface area contributed by atoms with Crippen LogP contribution in [0.25, 0.3) is 0 Å². The minimum Gasteiger partial charge on any atom is -0.507 e. The second-order valence-corrected chi connectivity index (χ2v) is 2.13. The molecule has 2 heteroatoms. The van der Waals surface area contributed by atoms with Crippen LogP contribution in [0.2, 0.25) is 0 Å². The van der Waals surface area contributed by atoms with Gasteiger partial charge in [-0.15, -0.1) is 0 Å². The number of phenols is 1. The number of aryl methyl sites for hydroxylation is 1. The summed E-state index contributed by atoms with van der Waals surface area (Å²) in [5, 5.41) is 17.4. The lowest BCUT2D eigenvalue weighted by Gasteiger charge is -1.94. The van der Waals surface area contributed by atoms with Gasteiger partial charge in [0.05, 0.1) is 5.56 Å². The molecule has 0 aliphatic heterocycles. The minimum absolute atomic E-state index is 0.0492. The van der Waals surface area contributed by atoms with Crippen LogP contribution in [0.1, 0.15) is 11.1 Å². The zero-order valence-electron chi connectivity index (χ0n) is 5.63. The van der Waals surface area contributed by atoms with E-state index in [1.807, 2.05) is 13.0 Å². The zero-order chi connectivity index (χ0) is 7.56. The molecular weight excluding hydrogens is 126 g/mol. The fourth-order valence-electron chi connectivity index (χ4n) is 0.739. The topological polar surface area (TPSA) is 44.0 Å². The van der Waals surface area contributed by atoms with Crippen molar-refractivity contribution < 1.29 is 5.11 Å². The van der Waals surface area contributed by atoms with Crippen LogP contribution in [0.15, 0.2) is 18.2 Å². The zero-order valence-corrected chi connectivity index (χ0v) is 5.63. The van der Waals surface area contributed by atoms with E-state index in [0.29, 0.717) is 5.56 Å². The smallest absolute Gasteiger partial charge is 0.133 e. The van der Waals surface area contributed by atoms with E-state index in [4.69, 9.17) is 10.4 Å².